The van der Waals surface area contributed by atoms with Crippen molar-refractivity contribution < 1.29 is 0 Å². The smallest absolute Gasteiger partial charge is 0.0964 e. The van der Waals surface area contributed by atoms with Crippen LogP contribution in [0.4, 0.5) is 0 Å². The van der Waals surface area contributed by atoms with E-state index in [4.69, 9.17) is 15.0 Å². The molecule has 61 heavy (non-hydrogen) atoms. The summed E-state index contributed by atoms with van der Waals surface area (Å²) in [6, 6.07) is 73.1. The minimum absolute atomic E-state index is 0.375. The summed E-state index contributed by atoms with van der Waals surface area (Å²) in [5.74, 6) is 0. The van der Waals surface area contributed by atoms with Crippen LogP contribution in [0.2, 0.25) is 0 Å². The maximum atomic E-state index is 5.06. The van der Waals surface area contributed by atoms with Gasteiger partial charge in [-0.25, -0.2) is 4.98 Å². The zero-order valence-corrected chi connectivity index (χ0v) is 33.0. The van der Waals surface area contributed by atoms with E-state index in [1.54, 1.807) is 0 Å². The molecule has 2 aliphatic rings. The third kappa shape index (κ3) is 5.01. The molecule has 0 atom stereocenters. The molecule has 0 unspecified atom stereocenters. The van der Waals surface area contributed by atoms with Crippen LogP contribution in [-0.4, -0.2) is 15.0 Å². The Hall–Kier alpha value is -8.01. The molecule has 8 aromatic carbocycles. The molecule has 0 radical (unpaired) electrons. The van der Waals surface area contributed by atoms with E-state index in [9.17, 15) is 0 Å². The van der Waals surface area contributed by atoms with Gasteiger partial charge in [0, 0.05) is 39.7 Å². The quantitative estimate of drug-likeness (QED) is 0.167. The third-order valence-corrected chi connectivity index (χ3v) is 13.1. The highest BCUT2D eigenvalue weighted by Crippen LogP contribution is 2.63. The SMILES string of the molecule is c1ccc(-c2ccc3cc(-c4cc(-c5ccc6c(c5)-c5ccccc5C65c6ccccc6-c6ccccc65)cc(-c5cnc6c(ccc7cccnc76)c5)c4)ccc3n2)cc1. The molecule has 0 N–H and O–H groups in total. The molecule has 1 spiro atoms. The molecule has 0 fully saturated rings. The largest absolute Gasteiger partial charge is 0.254 e. The standard InChI is InChI=1S/C58H35N3/c1-2-11-36(12-3-1)54-27-24-40-29-38(23-26-55(40)61-54)42-31-43(33-44(32-42)45-30-41-21-20-37-13-10-28-59-56(37)57(41)60-35-45)39-22-25-53-49(34-39)48-16-6-9-19-52(48)58(53)50-17-7-4-14-46(50)47-15-5-8-18-51(47)58/h1-35H. The summed E-state index contributed by atoms with van der Waals surface area (Å²) in [6.45, 7) is 0. The molecule has 0 amide bonds. The summed E-state index contributed by atoms with van der Waals surface area (Å²) in [7, 11) is 0. The molecule has 0 aliphatic heterocycles. The van der Waals surface area contributed by atoms with Crippen molar-refractivity contribution in [3.8, 4) is 66.9 Å². The van der Waals surface area contributed by atoms with Gasteiger partial charge in [-0.15, -0.1) is 0 Å². The van der Waals surface area contributed by atoms with Crippen molar-refractivity contribution in [2.75, 3.05) is 0 Å². The van der Waals surface area contributed by atoms with Crippen molar-refractivity contribution in [3.05, 3.63) is 235 Å². The predicted molar refractivity (Wildman–Crippen MR) is 250 cm³/mol. The number of benzene rings is 8. The summed E-state index contributed by atoms with van der Waals surface area (Å²) in [4.78, 5) is 14.8. The first-order chi connectivity index (χ1) is 30.2. The van der Waals surface area contributed by atoms with Crippen molar-refractivity contribution in [1.29, 1.82) is 0 Å². The second kappa shape index (κ2) is 13.0. The fourth-order valence-corrected chi connectivity index (χ4v) is 10.4. The van der Waals surface area contributed by atoms with E-state index >= 15 is 0 Å². The molecule has 3 heteroatoms. The van der Waals surface area contributed by atoms with E-state index in [0.29, 0.717) is 0 Å². The topological polar surface area (TPSA) is 38.7 Å². The van der Waals surface area contributed by atoms with Gasteiger partial charge in [0.1, 0.15) is 0 Å². The fraction of sp³-hybridized carbons (Fsp3) is 0.0172. The molecular formula is C58H35N3. The second-order valence-corrected chi connectivity index (χ2v) is 16.4. The number of pyridine rings is 3. The average Bonchev–Trinajstić information content (AvgIpc) is 3.80. The Balaban J connectivity index is 1.00. The number of nitrogens with zero attached hydrogens (tertiary/aromatic N) is 3. The van der Waals surface area contributed by atoms with Crippen LogP contribution in [0.15, 0.2) is 213 Å². The van der Waals surface area contributed by atoms with Crippen LogP contribution in [0.3, 0.4) is 0 Å². The monoisotopic (exact) mass is 773 g/mol. The van der Waals surface area contributed by atoms with Gasteiger partial charge in [0.25, 0.3) is 0 Å². The Morgan fingerprint density at radius 3 is 1.61 bits per heavy atom. The van der Waals surface area contributed by atoms with E-state index in [0.717, 1.165) is 71.8 Å². The Morgan fingerprint density at radius 1 is 0.311 bits per heavy atom. The molecule has 3 aromatic heterocycles. The molecule has 0 saturated carbocycles. The van der Waals surface area contributed by atoms with Crippen molar-refractivity contribution >= 4 is 32.7 Å². The molecule has 0 saturated heterocycles. The summed E-state index contributed by atoms with van der Waals surface area (Å²) in [6.07, 6.45) is 3.85. The maximum Gasteiger partial charge on any atom is 0.0964 e. The van der Waals surface area contributed by atoms with Gasteiger partial charge >= 0.3 is 0 Å². The van der Waals surface area contributed by atoms with Crippen molar-refractivity contribution in [1.82, 2.24) is 15.0 Å². The number of fused-ring (bicyclic) bond motifs is 14. The normalized spacial score (nSPS) is 13.0. The van der Waals surface area contributed by atoms with Gasteiger partial charge < -0.3 is 0 Å². The van der Waals surface area contributed by atoms with Crippen LogP contribution < -0.4 is 0 Å². The Morgan fingerprint density at radius 2 is 0.869 bits per heavy atom. The van der Waals surface area contributed by atoms with Crippen LogP contribution >= 0.6 is 0 Å². The van der Waals surface area contributed by atoms with Crippen LogP contribution in [0, 0.1) is 0 Å². The minimum atomic E-state index is -0.375. The van der Waals surface area contributed by atoms with E-state index in [-0.39, 0.29) is 5.41 Å². The highest BCUT2D eigenvalue weighted by Gasteiger charge is 2.51. The molecule has 3 heterocycles. The lowest BCUT2D eigenvalue weighted by Gasteiger charge is -2.30. The van der Waals surface area contributed by atoms with Gasteiger partial charge in [0.15, 0.2) is 0 Å². The minimum Gasteiger partial charge on any atom is -0.254 e. The first-order valence-electron chi connectivity index (χ1n) is 20.9. The number of rotatable bonds is 4. The molecule has 11 aromatic rings. The van der Waals surface area contributed by atoms with Crippen LogP contribution in [-0.2, 0) is 5.41 Å². The molecular weight excluding hydrogens is 739 g/mol. The van der Waals surface area contributed by atoms with E-state index < -0.39 is 0 Å². The summed E-state index contributed by atoms with van der Waals surface area (Å²) < 4.78 is 0. The zero-order valence-electron chi connectivity index (χ0n) is 33.0. The highest BCUT2D eigenvalue weighted by atomic mass is 14.7. The molecule has 13 rings (SSSR count). The van der Waals surface area contributed by atoms with Crippen molar-refractivity contribution in [2.45, 2.75) is 5.41 Å². The highest BCUT2D eigenvalue weighted by molar-refractivity contribution is 6.04. The van der Waals surface area contributed by atoms with Crippen molar-refractivity contribution in [3.63, 3.8) is 0 Å². The molecule has 3 nitrogen and oxygen atoms in total. The van der Waals surface area contributed by atoms with Gasteiger partial charge in [-0.1, -0.05) is 146 Å². The lowest BCUT2D eigenvalue weighted by Crippen LogP contribution is -2.25. The molecule has 0 bridgehead atoms. The van der Waals surface area contributed by atoms with Gasteiger partial charge in [0.05, 0.1) is 27.7 Å². The van der Waals surface area contributed by atoms with Crippen LogP contribution in [0.1, 0.15) is 22.3 Å². The summed E-state index contributed by atoms with van der Waals surface area (Å²) in [5, 5.41) is 3.26. The first kappa shape index (κ1) is 33.9. The van der Waals surface area contributed by atoms with Crippen molar-refractivity contribution in [2.24, 2.45) is 0 Å². The van der Waals surface area contributed by atoms with E-state index in [1.807, 2.05) is 24.5 Å². The second-order valence-electron chi connectivity index (χ2n) is 16.4. The van der Waals surface area contributed by atoms with Gasteiger partial charge in [-0.3, -0.25) is 9.97 Å². The number of hydrogen-bond acceptors (Lipinski definition) is 3. The van der Waals surface area contributed by atoms with Gasteiger partial charge in [0.2, 0.25) is 0 Å². The van der Waals surface area contributed by atoms with Gasteiger partial charge in [-0.05, 0) is 127 Å². The maximum absolute atomic E-state index is 5.06. The third-order valence-electron chi connectivity index (χ3n) is 13.1. The van der Waals surface area contributed by atoms with Crippen LogP contribution in [0.25, 0.3) is 99.6 Å². The molecule has 282 valence electrons. The number of aromatic nitrogens is 3. The Labute approximate surface area is 353 Å². The lowest BCUT2D eigenvalue weighted by molar-refractivity contribution is 0.794. The Bertz CT molecular complexity index is 3560. The average molecular weight is 774 g/mol. The van der Waals surface area contributed by atoms with Crippen LogP contribution in [0.5, 0.6) is 0 Å². The fourth-order valence-electron chi connectivity index (χ4n) is 10.4. The number of hydrogen-bond donors (Lipinski definition) is 0. The van der Waals surface area contributed by atoms with Gasteiger partial charge in [-0.2, -0.15) is 0 Å². The summed E-state index contributed by atoms with van der Waals surface area (Å²) >= 11 is 0. The predicted octanol–water partition coefficient (Wildman–Crippen LogP) is 14.3. The lowest BCUT2D eigenvalue weighted by atomic mass is 9.70. The zero-order chi connectivity index (χ0) is 40.1. The summed E-state index contributed by atoms with van der Waals surface area (Å²) in [5.41, 5.74) is 21.9. The van der Waals surface area contributed by atoms with E-state index in [1.165, 1.54) is 50.1 Å². The Kier molecular flexibility index (Phi) is 7.22. The molecule has 2 aliphatic carbocycles. The first-order valence-corrected chi connectivity index (χ1v) is 20.9. The van der Waals surface area contributed by atoms with E-state index in [2.05, 4.69) is 188 Å².